The summed E-state index contributed by atoms with van der Waals surface area (Å²) in [7, 11) is 0. The van der Waals surface area contributed by atoms with Crippen LogP contribution < -0.4 is 0 Å². The van der Waals surface area contributed by atoms with E-state index in [1.54, 1.807) is 0 Å². The molecule has 1 atom stereocenters. The van der Waals surface area contributed by atoms with Crippen LogP contribution in [0.25, 0.3) is 0 Å². The van der Waals surface area contributed by atoms with E-state index in [0.29, 0.717) is 18.2 Å². The highest BCUT2D eigenvalue weighted by Gasteiger charge is 2.22. The minimum absolute atomic E-state index is 0.303. The number of nitrogens with zero attached hydrogens (tertiary/aromatic N) is 1. The summed E-state index contributed by atoms with van der Waals surface area (Å²) in [6.45, 7) is 7.83. The minimum Gasteiger partial charge on any atom is -0.338 e. The van der Waals surface area contributed by atoms with E-state index in [1.165, 1.54) is 5.56 Å². The van der Waals surface area contributed by atoms with Gasteiger partial charge in [0.15, 0.2) is 0 Å². The fourth-order valence-corrected chi connectivity index (χ4v) is 2.00. The molecule has 0 saturated carbocycles. The number of likely N-dealkylation sites (tertiary alicyclic amines) is 1. The van der Waals surface area contributed by atoms with Gasteiger partial charge in [0.05, 0.1) is 0 Å². The Bertz CT molecular complexity index is 334. The molecule has 2 nitrogen and oxygen atoms in total. The van der Waals surface area contributed by atoms with Gasteiger partial charge in [0, 0.05) is 19.5 Å². The fourth-order valence-electron chi connectivity index (χ4n) is 2.00. The van der Waals surface area contributed by atoms with E-state index < -0.39 is 0 Å². The lowest BCUT2D eigenvalue weighted by Gasteiger charge is -2.30. The van der Waals surface area contributed by atoms with Gasteiger partial charge in [0.1, 0.15) is 0 Å². The third kappa shape index (κ3) is 4.22. The molecular formula is C15H23NO. The average molecular weight is 233 g/mol. The van der Waals surface area contributed by atoms with Crippen molar-refractivity contribution in [1.82, 2.24) is 4.90 Å². The maximum Gasteiger partial charge on any atom is 0.223 e. The Kier molecular flexibility index (Phi) is 5.75. The van der Waals surface area contributed by atoms with Gasteiger partial charge in [0.2, 0.25) is 5.91 Å². The fraction of sp³-hybridized carbons (Fsp3) is 0.533. The standard InChI is InChI=1S/C13H17NO.C2H6/c1-11-7-8-14(13(15)9-11)10-12-5-3-2-4-6-12;1-2/h2-6,11H,7-10H2,1H3;1-2H3. The van der Waals surface area contributed by atoms with Crippen LogP contribution >= 0.6 is 0 Å². The van der Waals surface area contributed by atoms with E-state index in [4.69, 9.17) is 0 Å². The van der Waals surface area contributed by atoms with Crippen LogP contribution in [0.15, 0.2) is 30.3 Å². The third-order valence-corrected chi connectivity index (χ3v) is 2.98. The molecule has 1 saturated heterocycles. The van der Waals surface area contributed by atoms with E-state index >= 15 is 0 Å². The molecule has 0 aromatic heterocycles. The zero-order valence-corrected chi connectivity index (χ0v) is 11.1. The highest BCUT2D eigenvalue weighted by atomic mass is 16.2. The van der Waals surface area contributed by atoms with Crippen LogP contribution in [0.4, 0.5) is 0 Å². The van der Waals surface area contributed by atoms with E-state index in [2.05, 4.69) is 19.1 Å². The molecule has 0 bridgehead atoms. The first-order valence-electron chi connectivity index (χ1n) is 6.57. The normalized spacial score (nSPS) is 19.6. The van der Waals surface area contributed by atoms with E-state index in [0.717, 1.165) is 19.5 Å². The van der Waals surface area contributed by atoms with Crippen LogP contribution in [0.3, 0.4) is 0 Å². The number of hydrogen-bond acceptors (Lipinski definition) is 1. The van der Waals surface area contributed by atoms with Gasteiger partial charge in [-0.05, 0) is 17.9 Å². The molecular weight excluding hydrogens is 210 g/mol. The second-order valence-electron chi connectivity index (χ2n) is 4.40. The second kappa shape index (κ2) is 7.10. The Hall–Kier alpha value is -1.31. The monoisotopic (exact) mass is 233 g/mol. The van der Waals surface area contributed by atoms with Crippen LogP contribution in [-0.4, -0.2) is 17.4 Å². The van der Waals surface area contributed by atoms with Crippen LogP contribution in [0.2, 0.25) is 0 Å². The van der Waals surface area contributed by atoms with Crippen molar-refractivity contribution in [3.8, 4) is 0 Å². The summed E-state index contributed by atoms with van der Waals surface area (Å²) in [5.41, 5.74) is 1.22. The molecule has 0 N–H and O–H groups in total. The second-order valence-corrected chi connectivity index (χ2v) is 4.40. The van der Waals surface area contributed by atoms with Crippen molar-refractivity contribution in [2.75, 3.05) is 6.54 Å². The third-order valence-electron chi connectivity index (χ3n) is 2.98. The van der Waals surface area contributed by atoms with Crippen molar-refractivity contribution in [2.24, 2.45) is 5.92 Å². The topological polar surface area (TPSA) is 20.3 Å². The van der Waals surface area contributed by atoms with Crippen molar-refractivity contribution in [2.45, 2.75) is 40.2 Å². The number of amides is 1. The molecule has 1 amide bonds. The van der Waals surface area contributed by atoms with Gasteiger partial charge in [0.25, 0.3) is 0 Å². The molecule has 1 aliphatic heterocycles. The number of carbonyl (C=O) groups is 1. The van der Waals surface area contributed by atoms with Gasteiger partial charge in [-0.1, -0.05) is 51.1 Å². The van der Waals surface area contributed by atoms with Crippen LogP contribution in [0, 0.1) is 5.92 Å². The quantitative estimate of drug-likeness (QED) is 0.766. The predicted molar refractivity (Wildman–Crippen MR) is 71.6 cm³/mol. The Morgan fingerprint density at radius 3 is 2.47 bits per heavy atom. The van der Waals surface area contributed by atoms with Gasteiger partial charge in [-0.25, -0.2) is 0 Å². The first-order valence-corrected chi connectivity index (χ1v) is 6.57. The smallest absolute Gasteiger partial charge is 0.223 e. The molecule has 94 valence electrons. The lowest BCUT2D eigenvalue weighted by molar-refractivity contribution is -0.135. The van der Waals surface area contributed by atoms with E-state index in [-0.39, 0.29) is 0 Å². The molecule has 1 unspecified atom stereocenters. The van der Waals surface area contributed by atoms with Crippen molar-refractivity contribution < 1.29 is 4.79 Å². The molecule has 0 spiro atoms. The van der Waals surface area contributed by atoms with E-state index in [1.807, 2.05) is 36.9 Å². The minimum atomic E-state index is 0.303. The number of carbonyl (C=O) groups excluding carboxylic acids is 1. The molecule has 1 aromatic rings. The predicted octanol–water partition coefficient (Wildman–Crippen LogP) is 3.47. The average Bonchev–Trinajstić information content (AvgIpc) is 2.37. The van der Waals surface area contributed by atoms with Gasteiger partial charge in [-0.15, -0.1) is 0 Å². The van der Waals surface area contributed by atoms with Gasteiger partial charge < -0.3 is 4.90 Å². The summed E-state index contributed by atoms with van der Waals surface area (Å²) in [6, 6.07) is 10.2. The Balaban J connectivity index is 0.000000686. The molecule has 1 heterocycles. The van der Waals surface area contributed by atoms with Gasteiger partial charge >= 0.3 is 0 Å². The molecule has 2 heteroatoms. The Morgan fingerprint density at radius 2 is 1.88 bits per heavy atom. The van der Waals surface area contributed by atoms with Crippen molar-refractivity contribution >= 4 is 5.91 Å². The van der Waals surface area contributed by atoms with Crippen LogP contribution in [0.5, 0.6) is 0 Å². The lowest BCUT2D eigenvalue weighted by atomic mass is 9.98. The molecule has 1 aliphatic rings. The Morgan fingerprint density at radius 1 is 1.24 bits per heavy atom. The highest BCUT2D eigenvalue weighted by molar-refractivity contribution is 5.77. The molecule has 1 aromatic carbocycles. The summed E-state index contributed by atoms with van der Waals surface area (Å²) in [6.07, 6.45) is 1.85. The SMILES string of the molecule is CC.CC1CCN(Cc2ccccc2)C(=O)C1. The van der Waals surface area contributed by atoms with Crippen LogP contribution in [-0.2, 0) is 11.3 Å². The van der Waals surface area contributed by atoms with Crippen molar-refractivity contribution in [3.05, 3.63) is 35.9 Å². The summed E-state index contributed by atoms with van der Waals surface area (Å²) >= 11 is 0. The molecule has 0 aliphatic carbocycles. The molecule has 1 fully saturated rings. The van der Waals surface area contributed by atoms with E-state index in [9.17, 15) is 4.79 Å². The summed E-state index contributed by atoms with van der Waals surface area (Å²) in [4.78, 5) is 13.7. The van der Waals surface area contributed by atoms with Gasteiger partial charge in [-0.3, -0.25) is 4.79 Å². The highest BCUT2D eigenvalue weighted by Crippen LogP contribution is 2.19. The molecule has 0 radical (unpaired) electrons. The molecule has 17 heavy (non-hydrogen) atoms. The number of piperidine rings is 1. The maximum atomic E-state index is 11.7. The van der Waals surface area contributed by atoms with Gasteiger partial charge in [-0.2, -0.15) is 0 Å². The van der Waals surface area contributed by atoms with Crippen molar-refractivity contribution in [3.63, 3.8) is 0 Å². The lowest BCUT2D eigenvalue weighted by Crippen LogP contribution is -2.37. The number of hydrogen-bond donors (Lipinski definition) is 0. The maximum absolute atomic E-state index is 11.7. The number of benzene rings is 1. The Labute approximate surface area is 105 Å². The van der Waals surface area contributed by atoms with Crippen molar-refractivity contribution in [1.29, 1.82) is 0 Å². The first-order chi connectivity index (χ1) is 8.25. The first kappa shape index (κ1) is 13.8. The number of rotatable bonds is 2. The zero-order chi connectivity index (χ0) is 12.7. The molecule has 2 rings (SSSR count). The summed E-state index contributed by atoms with van der Waals surface area (Å²) < 4.78 is 0. The summed E-state index contributed by atoms with van der Waals surface area (Å²) in [5, 5.41) is 0. The zero-order valence-electron chi connectivity index (χ0n) is 11.1. The summed E-state index contributed by atoms with van der Waals surface area (Å²) in [5.74, 6) is 0.863. The van der Waals surface area contributed by atoms with Crippen LogP contribution in [0.1, 0.15) is 39.2 Å². The largest absolute Gasteiger partial charge is 0.338 e.